The lowest BCUT2D eigenvalue weighted by Gasteiger charge is -2.18. The van der Waals surface area contributed by atoms with Crippen LogP contribution in [-0.2, 0) is 17.5 Å². The van der Waals surface area contributed by atoms with Crippen LogP contribution >= 0.6 is 11.3 Å². The van der Waals surface area contributed by atoms with Crippen LogP contribution in [0, 0.1) is 0 Å². The van der Waals surface area contributed by atoms with E-state index in [0.717, 1.165) is 16.7 Å². The quantitative estimate of drug-likeness (QED) is 0.842. The summed E-state index contributed by atoms with van der Waals surface area (Å²) in [4.78, 5) is 28.0. The van der Waals surface area contributed by atoms with E-state index in [2.05, 4.69) is 4.98 Å². The number of carbonyl (C=O) groups excluding carboxylic acids is 2. The summed E-state index contributed by atoms with van der Waals surface area (Å²) in [5, 5.41) is 1.05. The van der Waals surface area contributed by atoms with Gasteiger partial charge in [0.2, 0.25) is 0 Å². The van der Waals surface area contributed by atoms with Gasteiger partial charge in [-0.05, 0) is 12.1 Å². The molecule has 25 heavy (non-hydrogen) atoms. The van der Waals surface area contributed by atoms with Crippen LogP contribution in [0.3, 0.4) is 0 Å². The van der Waals surface area contributed by atoms with Crippen LogP contribution in [0.4, 0.5) is 13.2 Å². The SMILES string of the molecule is CN(Cc1nc(C(F)(F)F)cs1)C(=O)c1ccccc1OCC(N)=O. The van der Waals surface area contributed by atoms with Gasteiger partial charge < -0.3 is 15.4 Å². The summed E-state index contributed by atoms with van der Waals surface area (Å²) in [6, 6.07) is 6.19. The third-order valence-corrected chi connectivity index (χ3v) is 3.88. The zero-order valence-corrected chi connectivity index (χ0v) is 13.9. The molecule has 0 saturated carbocycles. The summed E-state index contributed by atoms with van der Waals surface area (Å²) >= 11 is 0.818. The maximum absolute atomic E-state index is 12.6. The van der Waals surface area contributed by atoms with Gasteiger partial charge in [0, 0.05) is 12.4 Å². The average Bonchev–Trinajstić information content (AvgIpc) is 3.01. The number of ether oxygens (including phenoxy) is 1. The summed E-state index contributed by atoms with van der Waals surface area (Å²) in [7, 11) is 1.43. The van der Waals surface area contributed by atoms with Gasteiger partial charge in [-0.3, -0.25) is 9.59 Å². The minimum absolute atomic E-state index is 0.0935. The molecule has 0 aliphatic carbocycles. The molecule has 2 aromatic rings. The number of aromatic nitrogens is 1. The molecule has 2 amide bonds. The number of thiazole rings is 1. The number of amides is 2. The van der Waals surface area contributed by atoms with E-state index in [0.29, 0.717) is 0 Å². The molecule has 6 nitrogen and oxygen atoms in total. The van der Waals surface area contributed by atoms with E-state index >= 15 is 0 Å². The summed E-state index contributed by atoms with van der Waals surface area (Å²) in [6.45, 7) is -0.487. The van der Waals surface area contributed by atoms with Crippen LogP contribution < -0.4 is 10.5 Å². The van der Waals surface area contributed by atoms with Gasteiger partial charge in [0.05, 0.1) is 12.1 Å². The van der Waals surface area contributed by atoms with Gasteiger partial charge >= 0.3 is 6.18 Å². The predicted molar refractivity (Wildman–Crippen MR) is 84.0 cm³/mol. The van der Waals surface area contributed by atoms with E-state index in [-0.39, 0.29) is 22.9 Å². The Morgan fingerprint density at radius 3 is 2.60 bits per heavy atom. The number of carbonyl (C=O) groups is 2. The molecule has 0 radical (unpaired) electrons. The number of primary amides is 1. The molecule has 10 heteroatoms. The van der Waals surface area contributed by atoms with Crippen molar-refractivity contribution in [1.29, 1.82) is 0 Å². The third-order valence-electron chi connectivity index (χ3n) is 3.05. The summed E-state index contributed by atoms with van der Waals surface area (Å²) in [5.74, 6) is -1.02. The molecule has 134 valence electrons. The summed E-state index contributed by atoms with van der Waals surface area (Å²) in [5.41, 5.74) is 4.19. The molecule has 0 spiro atoms. The van der Waals surface area contributed by atoms with Crippen LogP contribution in [-0.4, -0.2) is 35.4 Å². The van der Waals surface area contributed by atoms with Crippen molar-refractivity contribution >= 4 is 23.2 Å². The fraction of sp³-hybridized carbons (Fsp3) is 0.267. The average molecular weight is 373 g/mol. The molecule has 0 unspecified atom stereocenters. The molecule has 0 aliphatic rings. The zero-order valence-electron chi connectivity index (χ0n) is 13.0. The maximum atomic E-state index is 12.6. The molecule has 0 aliphatic heterocycles. The van der Waals surface area contributed by atoms with Crippen molar-refractivity contribution in [2.75, 3.05) is 13.7 Å². The second-order valence-electron chi connectivity index (χ2n) is 5.04. The van der Waals surface area contributed by atoms with E-state index in [4.69, 9.17) is 10.5 Å². The van der Waals surface area contributed by atoms with Gasteiger partial charge in [-0.1, -0.05) is 12.1 Å². The number of hydrogen-bond acceptors (Lipinski definition) is 5. The van der Waals surface area contributed by atoms with Crippen molar-refractivity contribution in [3.05, 3.63) is 45.9 Å². The van der Waals surface area contributed by atoms with Gasteiger partial charge in [-0.2, -0.15) is 13.2 Å². The van der Waals surface area contributed by atoms with Crippen LogP contribution in [0.2, 0.25) is 0 Å². The molecule has 0 saturated heterocycles. The highest BCUT2D eigenvalue weighted by Crippen LogP contribution is 2.30. The van der Waals surface area contributed by atoms with Crippen molar-refractivity contribution in [1.82, 2.24) is 9.88 Å². The topological polar surface area (TPSA) is 85.5 Å². The van der Waals surface area contributed by atoms with Gasteiger partial charge in [0.15, 0.2) is 12.3 Å². The Hall–Kier alpha value is -2.62. The first-order valence-electron chi connectivity index (χ1n) is 6.95. The number of nitrogens with zero attached hydrogens (tertiary/aromatic N) is 2. The lowest BCUT2D eigenvalue weighted by molar-refractivity contribution is -0.140. The minimum atomic E-state index is -4.52. The highest BCUT2D eigenvalue weighted by molar-refractivity contribution is 7.09. The van der Waals surface area contributed by atoms with E-state index in [1.54, 1.807) is 12.1 Å². The zero-order chi connectivity index (χ0) is 18.6. The summed E-state index contributed by atoms with van der Waals surface area (Å²) in [6.07, 6.45) is -4.52. The Balaban J connectivity index is 2.12. The molecule has 2 N–H and O–H groups in total. The molecule has 1 heterocycles. The van der Waals surface area contributed by atoms with Crippen molar-refractivity contribution < 1.29 is 27.5 Å². The molecular weight excluding hydrogens is 359 g/mol. The van der Waals surface area contributed by atoms with Gasteiger partial charge in [-0.15, -0.1) is 11.3 Å². The number of alkyl halides is 3. The third kappa shape index (κ3) is 4.92. The Labute approximate surface area is 145 Å². The fourth-order valence-electron chi connectivity index (χ4n) is 1.91. The molecule has 0 atom stereocenters. The lowest BCUT2D eigenvalue weighted by atomic mass is 10.2. The molecule has 0 bridgehead atoms. The van der Waals surface area contributed by atoms with Crippen molar-refractivity contribution in [3.8, 4) is 5.75 Å². The standard InChI is InChI=1S/C15H14F3N3O3S/c1-21(6-13-20-11(8-25-13)15(16,17)18)14(23)9-4-2-3-5-10(9)24-7-12(19)22/h2-5,8H,6-7H2,1H3,(H2,19,22). The van der Waals surface area contributed by atoms with Crippen LogP contribution in [0.25, 0.3) is 0 Å². The fourth-order valence-corrected chi connectivity index (χ4v) is 2.77. The second-order valence-corrected chi connectivity index (χ2v) is 5.98. The lowest BCUT2D eigenvalue weighted by Crippen LogP contribution is -2.27. The van der Waals surface area contributed by atoms with E-state index in [9.17, 15) is 22.8 Å². The number of benzene rings is 1. The number of para-hydroxylation sites is 1. The first kappa shape index (κ1) is 18.7. The number of halogens is 3. The van der Waals surface area contributed by atoms with Crippen molar-refractivity contribution in [2.24, 2.45) is 5.73 Å². The van der Waals surface area contributed by atoms with Crippen LogP contribution in [0.1, 0.15) is 21.1 Å². The monoisotopic (exact) mass is 373 g/mol. The Kier molecular flexibility index (Phi) is 5.62. The minimum Gasteiger partial charge on any atom is -0.483 e. The molecular formula is C15H14F3N3O3S. The Bertz CT molecular complexity index is 777. The van der Waals surface area contributed by atoms with E-state index < -0.39 is 30.3 Å². The Morgan fingerprint density at radius 2 is 2.00 bits per heavy atom. The van der Waals surface area contributed by atoms with Gasteiger partial charge in [-0.25, -0.2) is 4.98 Å². The number of rotatable bonds is 6. The normalized spacial score (nSPS) is 11.2. The van der Waals surface area contributed by atoms with Gasteiger partial charge in [0.1, 0.15) is 10.8 Å². The van der Waals surface area contributed by atoms with Crippen LogP contribution in [0.5, 0.6) is 5.75 Å². The van der Waals surface area contributed by atoms with Crippen molar-refractivity contribution in [3.63, 3.8) is 0 Å². The first-order valence-corrected chi connectivity index (χ1v) is 7.83. The molecule has 1 aromatic carbocycles. The predicted octanol–water partition coefficient (Wildman–Crippen LogP) is 2.30. The highest BCUT2D eigenvalue weighted by atomic mass is 32.1. The van der Waals surface area contributed by atoms with E-state index in [1.807, 2.05) is 0 Å². The highest BCUT2D eigenvalue weighted by Gasteiger charge is 2.33. The van der Waals surface area contributed by atoms with Crippen molar-refractivity contribution in [2.45, 2.75) is 12.7 Å². The Morgan fingerprint density at radius 1 is 1.32 bits per heavy atom. The molecule has 1 aromatic heterocycles. The molecule has 2 rings (SSSR count). The summed E-state index contributed by atoms with van der Waals surface area (Å²) < 4.78 is 42.9. The number of hydrogen-bond donors (Lipinski definition) is 1. The molecule has 0 fully saturated rings. The second kappa shape index (κ2) is 7.51. The smallest absolute Gasteiger partial charge is 0.434 e. The largest absolute Gasteiger partial charge is 0.483 e. The van der Waals surface area contributed by atoms with Crippen LogP contribution in [0.15, 0.2) is 29.6 Å². The van der Waals surface area contributed by atoms with E-state index in [1.165, 1.54) is 24.1 Å². The van der Waals surface area contributed by atoms with Gasteiger partial charge in [0.25, 0.3) is 11.8 Å². The first-order chi connectivity index (χ1) is 11.7. The maximum Gasteiger partial charge on any atom is 0.434 e. The number of nitrogens with two attached hydrogens (primary N) is 1.